The Morgan fingerprint density at radius 1 is 1.12 bits per heavy atom. The second-order valence-corrected chi connectivity index (χ2v) is 7.01. The van der Waals surface area contributed by atoms with E-state index < -0.39 is 15.8 Å². The van der Waals surface area contributed by atoms with Gasteiger partial charge < -0.3 is 4.90 Å². The number of nitrogens with zero attached hydrogens (tertiary/aromatic N) is 1. The van der Waals surface area contributed by atoms with Gasteiger partial charge in [-0.05, 0) is 42.8 Å². The molecule has 5 nitrogen and oxygen atoms in total. The first-order valence-corrected chi connectivity index (χ1v) is 8.96. The number of rotatable bonds is 6. The zero-order chi connectivity index (χ0) is 17.7. The van der Waals surface area contributed by atoms with Crippen molar-refractivity contribution in [3.63, 3.8) is 0 Å². The fraction of sp³-hybridized carbons (Fsp3) is 0.235. The molecule has 0 saturated heterocycles. The van der Waals surface area contributed by atoms with Crippen LogP contribution in [-0.2, 0) is 10.0 Å². The maximum Gasteiger partial charge on any atom is 0.261 e. The highest BCUT2D eigenvalue weighted by atomic mass is 32.2. The lowest BCUT2D eigenvalue weighted by atomic mass is 10.1. The quantitative estimate of drug-likeness (QED) is 0.870. The molecule has 0 unspecified atom stereocenters. The van der Waals surface area contributed by atoms with Gasteiger partial charge in [-0.1, -0.05) is 19.1 Å². The van der Waals surface area contributed by atoms with Crippen LogP contribution in [0.15, 0.2) is 53.4 Å². The summed E-state index contributed by atoms with van der Waals surface area (Å²) in [6.45, 7) is 2.52. The van der Waals surface area contributed by atoms with Gasteiger partial charge in [-0.25, -0.2) is 12.8 Å². The Labute approximate surface area is 141 Å². The monoisotopic (exact) mass is 350 g/mol. The lowest BCUT2D eigenvalue weighted by Crippen LogP contribution is -2.28. The van der Waals surface area contributed by atoms with Crippen molar-refractivity contribution in [3.8, 4) is 0 Å². The zero-order valence-corrected chi connectivity index (χ0v) is 14.3. The Bertz CT molecular complexity index is 820. The highest BCUT2D eigenvalue weighted by Crippen LogP contribution is 2.21. The van der Waals surface area contributed by atoms with Gasteiger partial charge in [0.25, 0.3) is 15.9 Å². The van der Waals surface area contributed by atoms with E-state index in [1.54, 1.807) is 25.2 Å². The number of nitrogens with one attached hydrogen (secondary N) is 1. The number of benzene rings is 2. The fourth-order valence-electron chi connectivity index (χ4n) is 2.22. The number of sulfonamides is 1. The molecule has 0 spiro atoms. The molecule has 0 bridgehead atoms. The Balaban J connectivity index is 2.33. The van der Waals surface area contributed by atoms with Crippen LogP contribution in [0, 0.1) is 5.82 Å². The molecule has 0 aliphatic carbocycles. The Morgan fingerprint density at radius 3 is 2.38 bits per heavy atom. The summed E-state index contributed by atoms with van der Waals surface area (Å²) >= 11 is 0. The lowest BCUT2D eigenvalue weighted by molar-refractivity contribution is 0.0796. The molecular formula is C17H19FN2O3S. The van der Waals surface area contributed by atoms with Crippen molar-refractivity contribution >= 4 is 21.6 Å². The maximum absolute atomic E-state index is 13.0. The van der Waals surface area contributed by atoms with Gasteiger partial charge in [0, 0.05) is 13.6 Å². The van der Waals surface area contributed by atoms with Gasteiger partial charge >= 0.3 is 0 Å². The summed E-state index contributed by atoms with van der Waals surface area (Å²) in [5, 5.41) is 0. The molecule has 0 heterocycles. The van der Waals surface area contributed by atoms with E-state index in [1.807, 2.05) is 6.92 Å². The number of carbonyl (C=O) groups is 1. The van der Waals surface area contributed by atoms with E-state index in [-0.39, 0.29) is 22.1 Å². The molecule has 0 aliphatic heterocycles. The van der Waals surface area contributed by atoms with Crippen molar-refractivity contribution in [2.24, 2.45) is 0 Å². The molecule has 0 aliphatic rings. The van der Waals surface area contributed by atoms with E-state index in [0.29, 0.717) is 6.54 Å². The second-order valence-electron chi connectivity index (χ2n) is 5.33. The Morgan fingerprint density at radius 2 is 1.75 bits per heavy atom. The summed E-state index contributed by atoms with van der Waals surface area (Å²) in [7, 11) is -2.25. The minimum Gasteiger partial charge on any atom is -0.342 e. The molecule has 0 radical (unpaired) electrons. The molecular weight excluding hydrogens is 331 g/mol. The van der Waals surface area contributed by atoms with E-state index in [1.165, 1.54) is 23.1 Å². The van der Waals surface area contributed by atoms with Crippen LogP contribution in [-0.4, -0.2) is 32.8 Å². The van der Waals surface area contributed by atoms with E-state index >= 15 is 0 Å². The first-order chi connectivity index (χ1) is 11.3. The van der Waals surface area contributed by atoms with Crippen LogP contribution in [0.25, 0.3) is 0 Å². The van der Waals surface area contributed by atoms with Gasteiger partial charge in [0.1, 0.15) is 5.82 Å². The van der Waals surface area contributed by atoms with Crippen molar-refractivity contribution in [1.82, 2.24) is 4.90 Å². The SMILES string of the molecule is CCCN(C)C(=O)c1ccccc1NS(=O)(=O)c1ccc(F)cc1. The number of halogens is 1. The molecule has 128 valence electrons. The van der Waals surface area contributed by atoms with Crippen molar-refractivity contribution in [2.45, 2.75) is 18.2 Å². The van der Waals surface area contributed by atoms with Crippen molar-refractivity contribution in [3.05, 3.63) is 59.9 Å². The van der Waals surface area contributed by atoms with E-state index in [2.05, 4.69) is 4.72 Å². The third kappa shape index (κ3) is 4.11. The molecule has 7 heteroatoms. The first kappa shape index (κ1) is 17.9. The van der Waals surface area contributed by atoms with Gasteiger partial charge in [-0.15, -0.1) is 0 Å². The van der Waals surface area contributed by atoms with E-state index in [4.69, 9.17) is 0 Å². The molecule has 0 fully saturated rings. The van der Waals surface area contributed by atoms with Crippen molar-refractivity contribution < 1.29 is 17.6 Å². The molecule has 1 amide bonds. The third-order valence-corrected chi connectivity index (χ3v) is 4.81. The topological polar surface area (TPSA) is 66.5 Å². The van der Waals surface area contributed by atoms with Crippen molar-refractivity contribution in [1.29, 1.82) is 0 Å². The number of hydrogen-bond acceptors (Lipinski definition) is 3. The second kappa shape index (κ2) is 7.44. The average Bonchev–Trinajstić information content (AvgIpc) is 2.55. The van der Waals surface area contributed by atoms with E-state index in [9.17, 15) is 17.6 Å². The van der Waals surface area contributed by atoms with Crippen LogP contribution in [0.5, 0.6) is 0 Å². The van der Waals surface area contributed by atoms with Crippen LogP contribution in [0.3, 0.4) is 0 Å². The zero-order valence-electron chi connectivity index (χ0n) is 13.5. The summed E-state index contributed by atoms with van der Waals surface area (Å²) in [5.41, 5.74) is 0.453. The van der Waals surface area contributed by atoms with Gasteiger partial charge in [0.05, 0.1) is 16.1 Å². The van der Waals surface area contributed by atoms with Gasteiger partial charge in [-0.3, -0.25) is 9.52 Å². The molecule has 2 aromatic rings. The Hall–Kier alpha value is -2.41. The first-order valence-electron chi connectivity index (χ1n) is 7.48. The predicted octanol–water partition coefficient (Wildman–Crippen LogP) is 3.11. The van der Waals surface area contributed by atoms with Crippen LogP contribution in [0.1, 0.15) is 23.7 Å². The maximum atomic E-state index is 13.0. The summed E-state index contributed by atoms with van der Waals surface area (Å²) in [5.74, 6) is -0.792. The smallest absolute Gasteiger partial charge is 0.261 e. The largest absolute Gasteiger partial charge is 0.342 e. The van der Waals surface area contributed by atoms with Gasteiger partial charge in [0.15, 0.2) is 0 Å². The molecule has 0 aromatic heterocycles. The lowest BCUT2D eigenvalue weighted by Gasteiger charge is -2.18. The number of para-hydroxylation sites is 1. The molecule has 0 saturated carbocycles. The van der Waals surface area contributed by atoms with Crippen LogP contribution in [0.4, 0.5) is 10.1 Å². The summed E-state index contributed by atoms with van der Waals surface area (Å²) in [6.07, 6.45) is 0.797. The summed E-state index contributed by atoms with van der Waals surface area (Å²) in [6, 6.07) is 10.9. The third-order valence-electron chi connectivity index (χ3n) is 3.43. The Kier molecular flexibility index (Phi) is 5.56. The number of amides is 1. The van der Waals surface area contributed by atoms with Crippen molar-refractivity contribution in [2.75, 3.05) is 18.3 Å². The minimum atomic E-state index is -3.91. The van der Waals surface area contributed by atoms with Gasteiger partial charge in [0.2, 0.25) is 0 Å². The number of anilines is 1. The van der Waals surface area contributed by atoms with Gasteiger partial charge in [-0.2, -0.15) is 0 Å². The normalized spacial score (nSPS) is 11.1. The molecule has 2 rings (SSSR count). The summed E-state index contributed by atoms with van der Waals surface area (Å²) < 4.78 is 40.2. The number of hydrogen-bond donors (Lipinski definition) is 1. The van der Waals surface area contributed by atoms with Crippen LogP contribution in [0.2, 0.25) is 0 Å². The predicted molar refractivity (Wildman–Crippen MR) is 90.9 cm³/mol. The van der Waals surface area contributed by atoms with E-state index in [0.717, 1.165) is 18.6 Å². The highest BCUT2D eigenvalue weighted by molar-refractivity contribution is 7.92. The fourth-order valence-corrected chi connectivity index (χ4v) is 3.30. The highest BCUT2D eigenvalue weighted by Gasteiger charge is 2.20. The molecule has 2 aromatic carbocycles. The standard InChI is InChI=1S/C17H19FN2O3S/c1-3-12-20(2)17(21)15-6-4-5-7-16(15)19-24(22,23)14-10-8-13(18)9-11-14/h4-11,19H,3,12H2,1-2H3. The van der Waals surface area contributed by atoms with Crippen LogP contribution >= 0.6 is 0 Å². The van der Waals surface area contributed by atoms with Crippen LogP contribution < -0.4 is 4.72 Å². The summed E-state index contributed by atoms with van der Waals surface area (Å²) in [4.78, 5) is 13.9. The molecule has 24 heavy (non-hydrogen) atoms. The minimum absolute atomic E-state index is 0.0759. The molecule has 1 N–H and O–H groups in total. The molecule has 0 atom stereocenters. The average molecular weight is 350 g/mol. The number of carbonyl (C=O) groups excluding carboxylic acids is 1.